The van der Waals surface area contributed by atoms with Gasteiger partial charge in [-0.15, -0.1) is 0 Å². The van der Waals surface area contributed by atoms with Crippen LogP contribution in [0.15, 0.2) is 11.6 Å². The number of fused-ring (bicyclic) bond motifs is 5. The molecule has 0 amide bonds. The molecule has 4 aliphatic rings. The van der Waals surface area contributed by atoms with E-state index in [1.807, 2.05) is 0 Å². The highest BCUT2D eigenvalue weighted by Crippen LogP contribution is 2.70. The van der Waals surface area contributed by atoms with Gasteiger partial charge in [0.15, 0.2) is 0 Å². The summed E-state index contributed by atoms with van der Waals surface area (Å²) in [5.41, 5.74) is 0.137. The van der Waals surface area contributed by atoms with Crippen molar-refractivity contribution in [1.29, 1.82) is 0 Å². The Morgan fingerprint density at radius 3 is 2.28 bits per heavy atom. The van der Waals surface area contributed by atoms with E-state index in [4.69, 9.17) is 4.74 Å². The predicted octanol–water partition coefficient (Wildman–Crippen LogP) is 7.73. The van der Waals surface area contributed by atoms with Gasteiger partial charge in [0.25, 0.3) is 11.5 Å². The van der Waals surface area contributed by atoms with Gasteiger partial charge in [0.2, 0.25) is 0 Å². The molecule has 9 atom stereocenters. The molecule has 0 aromatic rings. The van der Waals surface area contributed by atoms with Crippen LogP contribution in [0.3, 0.4) is 0 Å². The largest absolute Gasteiger partial charge is 0.481 e. The number of carboxylic acids is 1. The Hall–Kier alpha value is -1.73. The molecular formula is C39H67N2O5+. The van der Waals surface area contributed by atoms with Crippen LogP contribution in [0, 0.1) is 46.3 Å². The highest BCUT2D eigenvalue weighted by Gasteiger charge is 2.72. The first-order chi connectivity index (χ1) is 21.3. The van der Waals surface area contributed by atoms with Crippen LogP contribution in [0.2, 0.25) is 0 Å². The summed E-state index contributed by atoms with van der Waals surface area (Å²) in [7, 11) is 10.4. The molecule has 0 aromatic heterocycles. The van der Waals surface area contributed by atoms with Gasteiger partial charge in [-0.25, -0.2) is 4.79 Å². The number of carbonyl (C=O) groups excluding carboxylic acids is 2. The number of hydrogen-bond donors (Lipinski definition) is 1. The third kappa shape index (κ3) is 6.14. The normalized spacial score (nSPS) is 38.1. The number of quaternary nitrogens is 1. The minimum Gasteiger partial charge on any atom is -0.481 e. The summed E-state index contributed by atoms with van der Waals surface area (Å²) < 4.78 is 6.81. The second kappa shape index (κ2) is 13.3. The lowest BCUT2D eigenvalue weighted by Gasteiger charge is -2.67. The molecule has 7 heteroatoms. The zero-order valence-electron chi connectivity index (χ0n) is 31.2. The fourth-order valence-electron chi connectivity index (χ4n) is 11.8. The number of nitrogens with zero attached hydrogens (tertiary/aromatic N) is 2. The Kier molecular flexibility index (Phi) is 10.7. The molecule has 4 unspecified atom stereocenters. The number of ketones is 1. The van der Waals surface area contributed by atoms with Crippen molar-refractivity contribution in [2.24, 2.45) is 46.3 Å². The minimum atomic E-state index is -1.31. The van der Waals surface area contributed by atoms with E-state index in [0.717, 1.165) is 49.4 Å². The standard InChI is InChI=1S/C39H66N2O5/c1-12-21-38(40(7)8)25-37(6)28(24-39(38,41(9,10)11)46-35(45)33(42)23-34(43)44)16-17-29-31-19-18-30(27(4)15-13-14-26(2)3)36(31,5)22-20-32(29)37/h16,26-27,29-32H,12-15,17-25H2,1-11H3/p+1/t27-,29?,30-,31?,32?,36-,37+,38?,39-/m1/s1. The molecule has 0 aromatic carbocycles. The fourth-order valence-corrected chi connectivity index (χ4v) is 11.8. The Bertz CT molecular complexity index is 1190. The van der Waals surface area contributed by atoms with Crippen LogP contribution in [-0.2, 0) is 19.1 Å². The Balaban J connectivity index is 1.73. The molecule has 262 valence electrons. The Morgan fingerprint density at radius 2 is 1.72 bits per heavy atom. The molecule has 0 saturated heterocycles. The number of ether oxygens (including phenoxy) is 1. The van der Waals surface area contributed by atoms with E-state index in [0.29, 0.717) is 28.2 Å². The number of carbonyl (C=O) groups is 3. The molecule has 0 spiro atoms. The summed E-state index contributed by atoms with van der Waals surface area (Å²) in [4.78, 5) is 39.9. The van der Waals surface area contributed by atoms with Crippen molar-refractivity contribution in [1.82, 2.24) is 4.90 Å². The number of aliphatic carboxylic acids is 1. The van der Waals surface area contributed by atoms with E-state index in [1.54, 1.807) is 0 Å². The summed E-state index contributed by atoms with van der Waals surface area (Å²) in [5, 5.41) is 9.27. The van der Waals surface area contributed by atoms with E-state index >= 15 is 0 Å². The lowest BCUT2D eigenvalue weighted by Crippen LogP contribution is -2.79. The van der Waals surface area contributed by atoms with Gasteiger partial charge in [-0.05, 0) is 105 Å². The summed E-state index contributed by atoms with van der Waals surface area (Å²) in [6, 6.07) is 0. The summed E-state index contributed by atoms with van der Waals surface area (Å²) in [6.45, 7) is 14.6. The molecule has 0 heterocycles. The van der Waals surface area contributed by atoms with Gasteiger partial charge >= 0.3 is 11.9 Å². The van der Waals surface area contributed by atoms with Crippen LogP contribution < -0.4 is 0 Å². The molecule has 4 rings (SSSR count). The van der Waals surface area contributed by atoms with Crippen molar-refractivity contribution in [2.45, 2.75) is 136 Å². The third-order valence-electron chi connectivity index (χ3n) is 14.0. The van der Waals surface area contributed by atoms with Crippen molar-refractivity contribution in [3.8, 4) is 0 Å². The Morgan fingerprint density at radius 1 is 1.04 bits per heavy atom. The van der Waals surface area contributed by atoms with E-state index in [9.17, 15) is 19.5 Å². The molecular weight excluding hydrogens is 576 g/mol. The minimum absolute atomic E-state index is 0.0409. The van der Waals surface area contributed by atoms with Gasteiger partial charge in [-0.2, -0.15) is 0 Å². The van der Waals surface area contributed by atoms with Crippen LogP contribution in [0.25, 0.3) is 0 Å². The number of hydrogen-bond acceptors (Lipinski definition) is 5. The maximum atomic E-state index is 13.4. The smallest absolute Gasteiger partial charge is 0.380 e. The highest BCUT2D eigenvalue weighted by atomic mass is 16.6. The van der Waals surface area contributed by atoms with Crippen LogP contribution in [0.4, 0.5) is 0 Å². The highest BCUT2D eigenvalue weighted by molar-refractivity contribution is 6.36. The molecule has 3 fully saturated rings. The van der Waals surface area contributed by atoms with Crippen molar-refractivity contribution in [3.05, 3.63) is 11.6 Å². The van der Waals surface area contributed by atoms with Crippen molar-refractivity contribution in [2.75, 3.05) is 35.2 Å². The zero-order valence-corrected chi connectivity index (χ0v) is 31.2. The Labute approximate surface area is 280 Å². The number of Topliss-reactive ketones (excluding diaryl/α,β-unsaturated/α-hetero) is 1. The monoisotopic (exact) mass is 644 g/mol. The summed E-state index contributed by atoms with van der Waals surface area (Å²) >= 11 is 0. The maximum absolute atomic E-state index is 13.4. The maximum Gasteiger partial charge on any atom is 0.380 e. The first-order valence-electron chi connectivity index (χ1n) is 18.5. The van der Waals surface area contributed by atoms with Gasteiger partial charge < -0.3 is 9.84 Å². The third-order valence-corrected chi connectivity index (χ3v) is 14.0. The summed E-state index contributed by atoms with van der Waals surface area (Å²) in [5.74, 6) is 1.03. The van der Waals surface area contributed by atoms with Crippen molar-refractivity contribution >= 4 is 17.7 Å². The van der Waals surface area contributed by atoms with Gasteiger partial charge in [0, 0.05) is 0 Å². The molecule has 3 saturated carbocycles. The molecule has 46 heavy (non-hydrogen) atoms. The van der Waals surface area contributed by atoms with E-state index in [1.165, 1.54) is 50.5 Å². The average molecular weight is 644 g/mol. The van der Waals surface area contributed by atoms with Crippen molar-refractivity contribution in [3.63, 3.8) is 0 Å². The first-order valence-corrected chi connectivity index (χ1v) is 18.5. The zero-order chi connectivity index (χ0) is 34.5. The molecule has 0 aliphatic heterocycles. The number of likely N-dealkylation sites (N-methyl/N-ethyl adjacent to an activating group) is 2. The van der Waals surface area contributed by atoms with Gasteiger partial charge in [-0.1, -0.05) is 78.9 Å². The van der Waals surface area contributed by atoms with Crippen LogP contribution >= 0.6 is 0 Å². The molecule has 1 N–H and O–H groups in total. The van der Waals surface area contributed by atoms with Crippen molar-refractivity contribution < 1.29 is 28.7 Å². The second-order valence-electron chi connectivity index (χ2n) is 18.0. The van der Waals surface area contributed by atoms with Gasteiger partial charge in [0.1, 0.15) is 12.0 Å². The van der Waals surface area contributed by atoms with E-state index in [-0.39, 0.29) is 5.41 Å². The molecule has 7 nitrogen and oxygen atoms in total. The number of esters is 1. The molecule has 4 aliphatic carbocycles. The summed E-state index contributed by atoms with van der Waals surface area (Å²) in [6.07, 6.45) is 15.1. The fraction of sp³-hybridized carbons (Fsp3) is 0.872. The van der Waals surface area contributed by atoms with E-state index < -0.39 is 35.4 Å². The number of carboxylic acid groups (broad SMARTS) is 1. The predicted molar refractivity (Wildman–Crippen MR) is 184 cm³/mol. The van der Waals surface area contributed by atoms with E-state index in [2.05, 4.69) is 87.8 Å². The van der Waals surface area contributed by atoms with Gasteiger partial charge in [-0.3, -0.25) is 19.0 Å². The number of rotatable bonds is 13. The van der Waals surface area contributed by atoms with Gasteiger partial charge in [0.05, 0.1) is 27.6 Å². The lowest BCUT2D eigenvalue weighted by molar-refractivity contribution is -0.956. The lowest BCUT2D eigenvalue weighted by atomic mass is 9.44. The SMILES string of the molecule is CCCC1(N(C)C)C[C@@]2(C)C(=CCC3C2CC[C@@]2(C)C3CC[C@@H]2[C@H](C)CCCC(C)C)C[C@]1(OC(=O)C(=O)CC(=O)O)[N+](C)(C)C. The second-order valence-corrected chi connectivity index (χ2v) is 18.0. The molecule has 0 bridgehead atoms. The topological polar surface area (TPSA) is 83.9 Å². The quantitative estimate of drug-likeness (QED) is 0.0552. The van der Waals surface area contributed by atoms with Crippen LogP contribution in [0.1, 0.15) is 125 Å². The molecule has 0 radical (unpaired) electrons. The number of allylic oxidation sites excluding steroid dienone is 1. The first kappa shape index (κ1) is 37.1. The van der Waals surface area contributed by atoms with Crippen LogP contribution in [-0.4, -0.2) is 78.7 Å². The van der Waals surface area contributed by atoms with Crippen LogP contribution in [0.5, 0.6) is 0 Å². The average Bonchev–Trinajstić information content (AvgIpc) is 3.29.